The summed E-state index contributed by atoms with van der Waals surface area (Å²) in [7, 11) is 0. The van der Waals surface area contributed by atoms with Gasteiger partial charge in [-0.15, -0.1) is 0 Å². The highest BCUT2D eigenvalue weighted by atomic mass is 16.1. The number of ketones is 1. The molecule has 0 unspecified atom stereocenters. The third-order valence-corrected chi connectivity index (χ3v) is 3.17. The van der Waals surface area contributed by atoms with Gasteiger partial charge in [-0.1, -0.05) is 62.4 Å². The van der Waals surface area contributed by atoms with E-state index in [-0.39, 0.29) is 5.78 Å². The summed E-state index contributed by atoms with van der Waals surface area (Å²) in [6, 6.07) is 16.2. The largest absolute Gasteiger partial charge is 0.294 e. The number of rotatable bonds is 3. The number of benzene rings is 2. The molecular formula is C17H18O. The Morgan fingerprint density at radius 2 is 1.72 bits per heavy atom. The molecule has 0 atom stereocenters. The maximum Gasteiger partial charge on any atom is 0.160 e. The second-order valence-electron chi connectivity index (χ2n) is 4.88. The van der Waals surface area contributed by atoms with Crippen LogP contribution in [-0.2, 0) is 0 Å². The van der Waals surface area contributed by atoms with Crippen LogP contribution in [0.5, 0.6) is 0 Å². The Morgan fingerprint density at radius 3 is 2.39 bits per heavy atom. The predicted molar refractivity (Wildman–Crippen MR) is 76.0 cm³/mol. The molecule has 92 valence electrons. The van der Waals surface area contributed by atoms with Crippen molar-refractivity contribution in [3.63, 3.8) is 0 Å². The van der Waals surface area contributed by atoms with Crippen LogP contribution in [0.15, 0.2) is 48.5 Å². The summed E-state index contributed by atoms with van der Waals surface area (Å²) >= 11 is 0. The first-order valence-corrected chi connectivity index (χ1v) is 6.30. The van der Waals surface area contributed by atoms with Crippen molar-refractivity contribution in [2.75, 3.05) is 0 Å². The lowest BCUT2D eigenvalue weighted by atomic mass is 9.94. The normalized spacial score (nSPS) is 10.7. The van der Waals surface area contributed by atoms with Crippen LogP contribution in [0.3, 0.4) is 0 Å². The van der Waals surface area contributed by atoms with Crippen molar-refractivity contribution in [3.8, 4) is 11.1 Å². The maximum atomic E-state index is 11.7. The molecule has 2 aromatic carbocycles. The monoisotopic (exact) mass is 238 g/mol. The van der Waals surface area contributed by atoms with Gasteiger partial charge in [0.05, 0.1) is 0 Å². The lowest BCUT2D eigenvalue weighted by Gasteiger charge is -2.10. The molecule has 0 N–H and O–H groups in total. The third-order valence-electron chi connectivity index (χ3n) is 3.17. The number of Topliss-reactive ketones (excluding diaryl/α,β-unsaturated/α-hetero) is 1. The van der Waals surface area contributed by atoms with Crippen LogP contribution in [0.2, 0.25) is 0 Å². The van der Waals surface area contributed by atoms with Crippen molar-refractivity contribution < 1.29 is 4.79 Å². The molecule has 0 amide bonds. The minimum Gasteiger partial charge on any atom is -0.294 e. The average molecular weight is 238 g/mol. The maximum absolute atomic E-state index is 11.7. The van der Waals surface area contributed by atoms with Gasteiger partial charge >= 0.3 is 0 Å². The third kappa shape index (κ3) is 2.51. The number of carbonyl (C=O) groups is 1. The minimum atomic E-state index is 0.112. The first-order chi connectivity index (χ1) is 8.59. The first-order valence-electron chi connectivity index (χ1n) is 6.30. The molecule has 0 aliphatic carbocycles. The Balaban J connectivity index is 2.55. The van der Waals surface area contributed by atoms with Gasteiger partial charge in [0.1, 0.15) is 0 Å². The molecule has 2 rings (SSSR count). The quantitative estimate of drug-likeness (QED) is 0.709. The van der Waals surface area contributed by atoms with Crippen molar-refractivity contribution >= 4 is 5.78 Å². The first kappa shape index (κ1) is 12.6. The molecule has 0 aliphatic heterocycles. The molecule has 1 heteroatoms. The Hall–Kier alpha value is -1.89. The fourth-order valence-corrected chi connectivity index (χ4v) is 2.11. The van der Waals surface area contributed by atoms with E-state index >= 15 is 0 Å². The van der Waals surface area contributed by atoms with Crippen LogP contribution in [0.4, 0.5) is 0 Å². The summed E-state index contributed by atoms with van der Waals surface area (Å²) in [5.41, 5.74) is 4.23. The Morgan fingerprint density at radius 1 is 1.00 bits per heavy atom. The molecule has 0 heterocycles. The highest BCUT2D eigenvalue weighted by Crippen LogP contribution is 2.27. The topological polar surface area (TPSA) is 17.1 Å². The fourth-order valence-electron chi connectivity index (χ4n) is 2.11. The standard InChI is InChI=1S/C17H18O/c1-12(2)14-7-6-8-15(11-14)17-10-5-4-9-16(17)13(3)18/h4-12H,1-3H3. The molecule has 1 nitrogen and oxygen atoms in total. The van der Waals surface area contributed by atoms with E-state index in [4.69, 9.17) is 0 Å². The van der Waals surface area contributed by atoms with Crippen LogP contribution >= 0.6 is 0 Å². The van der Waals surface area contributed by atoms with Crippen LogP contribution in [-0.4, -0.2) is 5.78 Å². The molecule has 0 saturated carbocycles. The van der Waals surface area contributed by atoms with Gasteiger partial charge in [-0.25, -0.2) is 0 Å². The fraction of sp³-hybridized carbons (Fsp3) is 0.235. The van der Waals surface area contributed by atoms with Crippen LogP contribution in [0, 0.1) is 0 Å². The van der Waals surface area contributed by atoms with Gasteiger partial charge in [0, 0.05) is 5.56 Å². The summed E-state index contributed by atoms with van der Waals surface area (Å²) in [6.07, 6.45) is 0. The molecule has 0 aliphatic rings. The van der Waals surface area contributed by atoms with Gasteiger partial charge < -0.3 is 0 Å². The molecule has 0 aromatic heterocycles. The van der Waals surface area contributed by atoms with E-state index in [1.165, 1.54) is 5.56 Å². The number of carbonyl (C=O) groups excluding carboxylic acids is 1. The van der Waals surface area contributed by atoms with E-state index in [0.717, 1.165) is 16.7 Å². The van der Waals surface area contributed by atoms with Gasteiger partial charge in [0.25, 0.3) is 0 Å². The Kier molecular flexibility index (Phi) is 3.61. The zero-order valence-corrected chi connectivity index (χ0v) is 11.1. The minimum absolute atomic E-state index is 0.112. The zero-order chi connectivity index (χ0) is 13.1. The summed E-state index contributed by atoms with van der Waals surface area (Å²) in [4.78, 5) is 11.7. The van der Waals surface area contributed by atoms with Crippen LogP contribution in [0.1, 0.15) is 42.6 Å². The average Bonchev–Trinajstić information content (AvgIpc) is 2.39. The summed E-state index contributed by atoms with van der Waals surface area (Å²) in [6.45, 7) is 5.97. The molecule has 18 heavy (non-hydrogen) atoms. The van der Waals surface area contributed by atoms with Crippen LogP contribution < -0.4 is 0 Å². The second kappa shape index (κ2) is 5.18. The van der Waals surface area contributed by atoms with Crippen molar-refractivity contribution in [3.05, 3.63) is 59.7 Å². The second-order valence-corrected chi connectivity index (χ2v) is 4.88. The van der Waals surface area contributed by atoms with Gasteiger partial charge in [0.2, 0.25) is 0 Å². The molecule has 0 spiro atoms. The molecule has 2 aromatic rings. The molecule has 0 radical (unpaired) electrons. The molecule has 0 fully saturated rings. The summed E-state index contributed by atoms with van der Waals surface area (Å²) in [5.74, 6) is 0.606. The van der Waals surface area contributed by atoms with Crippen molar-refractivity contribution in [1.29, 1.82) is 0 Å². The van der Waals surface area contributed by atoms with E-state index in [9.17, 15) is 4.79 Å². The molecule has 0 bridgehead atoms. The summed E-state index contributed by atoms with van der Waals surface area (Å²) in [5, 5.41) is 0. The highest BCUT2D eigenvalue weighted by molar-refractivity contribution is 6.00. The van der Waals surface area contributed by atoms with Crippen LogP contribution in [0.25, 0.3) is 11.1 Å². The van der Waals surface area contributed by atoms with E-state index in [1.807, 2.05) is 24.3 Å². The van der Waals surface area contributed by atoms with Crippen molar-refractivity contribution in [2.45, 2.75) is 26.7 Å². The molecule has 0 saturated heterocycles. The lowest BCUT2D eigenvalue weighted by Crippen LogP contribution is -1.96. The predicted octanol–water partition coefficient (Wildman–Crippen LogP) is 4.68. The number of hydrogen-bond donors (Lipinski definition) is 0. The van der Waals surface area contributed by atoms with Gasteiger partial charge in [0.15, 0.2) is 5.78 Å². The van der Waals surface area contributed by atoms with Crippen molar-refractivity contribution in [1.82, 2.24) is 0 Å². The SMILES string of the molecule is CC(=O)c1ccccc1-c1cccc(C(C)C)c1. The smallest absolute Gasteiger partial charge is 0.160 e. The Labute approximate surface area is 108 Å². The lowest BCUT2D eigenvalue weighted by molar-refractivity contribution is 0.101. The molecular weight excluding hydrogens is 220 g/mol. The van der Waals surface area contributed by atoms with E-state index in [2.05, 4.69) is 38.1 Å². The zero-order valence-electron chi connectivity index (χ0n) is 11.1. The van der Waals surface area contributed by atoms with Crippen molar-refractivity contribution in [2.24, 2.45) is 0 Å². The summed E-state index contributed by atoms with van der Waals surface area (Å²) < 4.78 is 0. The van der Waals surface area contributed by atoms with E-state index < -0.39 is 0 Å². The van der Waals surface area contributed by atoms with Gasteiger partial charge in [-0.3, -0.25) is 4.79 Å². The van der Waals surface area contributed by atoms with Gasteiger partial charge in [-0.05, 0) is 29.5 Å². The van der Waals surface area contributed by atoms with E-state index in [0.29, 0.717) is 5.92 Å². The van der Waals surface area contributed by atoms with E-state index in [1.54, 1.807) is 6.92 Å². The highest BCUT2D eigenvalue weighted by Gasteiger charge is 2.09. The number of hydrogen-bond acceptors (Lipinski definition) is 1. The Bertz CT molecular complexity index is 567. The van der Waals surface area contributed by atoms with Gasteiger partial charge in [-0.2, -0.15) is 0 Å².